The van der Waals surface area contributed by atoms with Crippen molar-refractivity contribution in [3.63, 3.8) is 0 Å². The molecule has 1 rings (SSSR count). The molecule has 18 nitrogen and oxygen atoms in total. The van der Waals surface area contributed by atoms with Gasteiger partial charge in [0.25, 0.3) is 0 Å². The Balaban J connectivity index is 3.01. The minimum Gasteiger partial charge on any atom is -0.463 e. The Bertz CT molecular complexity index is 1910. The summed E-state index contributed by atoms with van der Waals surface area (Å²) >= 11 is 0. The molecule has 1 fully saturated rings. The quantitative estimate of drug-likeness (QED) is 0.0240. The van der Waals surface area contributed by atoms with Crippen LogP contribution in [0.2, 0.25) is 0 Å². The maximum absolute atomic E-state index is 12.5. The number of carbonyl (C=O) groups is 7. The molecule has 0 saturated carbocycles. The van der Waals surface area contributed by atoms with Crippen LogP contribution in [-0.4, -0.2) is 155 Å². The van der Waals surface area contributed by atoms with E-state index in [1.807, 2.05) is 18.2 Å². The number of carbonyl (C=O) groups excluding carboxylic acids is 7. The number of rotatable bonds is 62. The second-order valence-electron chi connectivity index (χ2n) is 25.0. The highest BCUT2D eigenvalue weighted by Gasteiger charge is 2.52. The van der Waals surface area contributed by atoms with Crippen molar-refractivity contribution >= 4 is 41.8 Å². The zero-order valence-electron chi connectivity index (χ0n) is 58.9. The van der Waals surface area contributed by atoms with Gasteiger partial charge in [-0.3, -0.25) is 33.6 Å². The molecule has 0 aromatic rings. The van der Waals surface area contributed by atoms with Crippen molar-refractivity contribution in [2.75, 3.05) is 72.3 Å². The van der Waals surface area contributed by atoms with Crippen LogP contribution in [0.25, 0.3) is 0 Å². The number of hydrogen-bond acceptors (Lipinski definition) is 18. The summed E-state index contributed by atoms with van der Waals surface area (Å²) in [6.07, 6.45) is 45.4. The predicted octanol–water partition coefficient (Wildman–Crippen LogP) is 15.9. The number of hydrogen-bond donors (Lipinski definition) is 0. The van der Waals surface area contributed by atoms with Crippen molar-refractivity contribution in [2.45, 2.75) is 323 Å². The molecule has 0 bridgehead atoms. The standard InChI is InChI=1S/C74H130N2O16/c1-8-11-14-17-26-35-44-58-84-68(81)49-38-29-20-23-32-41-52-75(53-42-33-24-21-30-39-50-69(82)85-59-45-36-27-18-15-12-9-2)55-47-56-76(54-43-34-25-22-31-40-51-70(83)86-60-46-37-28-19-16-13-10-3)57-48-61-87-74-73(91-66(7)80)72(90-65(6)79)71(89-64(5)78)67(92-74)62-88-63(4)77/h35-37,44-46,67,71-74H,8-34,38-43,47-62H2,1-7H3/b44-35-,45-36-,46-37-. The minimum atomic E-state index is -1.31. The Kier molecular flexibility index (Phi) is 56.8. The van der Waals surface area contributed by atoms with Crippen LogP contribution in [0.5, 0.6) is 0 Å². The maximum Gasteiger partial charge on any atom is 0.306 e. The van der Waals surface area contributed by atoms with Crippen molar-refractivity contribution in [1.82, 2.24) is 9.80 Å². The number of esters is 7. The van der Waals surface area contributed by atoms with Gasteiger partial charge in [-0.25, -0.2) is 0 Å². The van der Waals surface area contributed by atoms with E-state index in [0.29, 0.717) is 52.0 Å². The summed E-state index contributed by atoms with van der Waals surface area (Å²) in [5, 5.41) is 0. The van der Waals surface area contributed by atoms with E-state index >= 15 is 0 Å². The van der Waals surface area contributed by atoms with Crippen LogP contribution in [0.1, 0.15) is 292 Å². The van der Waals surface area contributed by atoms with Gasteiger partial charge in [0.2, 0.25) is 0 Å². The summed E-state index contributed by atoms with van der Waals surface area (Å²) in [5.74, 6) is -3.06. The second-order valence-corrected chi connectivity index (χ2v) is 25.0. The van der Waals surface area contributed by atoms with E-state index in [4.69, 9.17) is 42.6 Å². The van der Waals surface area contributed by atoms with Crippen molar-refractivity contribution < 1.29 is 76.2 Å². The molecule has 5 unspecified atom stereocenters. The Morgan fingerprint density at radius 1 is 0.337 bits per heavy atom. The summed E-state index contributed by atoms with van der Waals surface area (Å²) in [7, 11) is 0. The first-order chi connectivity index (χ1) is 44.7. The molecule has 1 saturated heterocycles. The summed E-state index contributed by atoms with van der Waals surface area (Å²) in [6, 6.07) is 0. The molecule has 0 aromatic heterocycles. The average molecular weight is 1300 g/mol. The lowest BCUT2D eigenvalue weighted by Crippen LogP contribution is -2.63. The summed E-state index contributed by atoms with van der Waals surface area (Å²) in [4.78, 5) is 91.3. The van der Waals surface area contributed by atoms with Gasteiger partial charge in [-0.15, -0.1) is 0 Å². The van der Waals surface area contributed by atoms with Crippen LogP contribution in [0, 0.1) is 0 Å². The lowest BCUT2D eigenvalue weighted by molar-refractivity contribution is -0.308. The first-order valence-corrected chi connectivity index (χ1v) is 36.5. The molecule has 1 aliphatic heterocycles. The minimum absolute atomic E-state index is 0.118. The Morgan fingerprint density at radius 2 is 0.663 bits per heavy atom. The monoisotopic (exact) mass is 1300 g/mol. The zero-order chi connectivity index (χ0) is 67.3. The molecule has 0 spiro atoms. The van der Waals surface area contributed by atoms with Gasteiger partial charge in [-0.1, -0.05) is 192 Å². The van der Waals surface area contributed by atoms with Gasteiger partial charge in [0, 0.05) is 53.5 Å². The van der Waals surface area contributed by atoms with Gasteiger partial charge in [0.1, 0.15) is 32.5 Å². The normalized spacial score (nSPS) is 16.6. The largest absolute Gasteiger partial charge is 0.463 e. The van der Waals surface area contributed by atoms with Gasteiger partial charge >= 0.3 is 41.8 Å². The van der Waals surface area contributed by atoms with E-state index < -0.39 is 54.6 Å². The fourth-order valence-electron chi connectivity index (χ4n) is 11.2. The van der Waals surface area contributed by atoms with Crippen molar-refractivity contribution in [2.24, 2.45) is 0 Å². The highest BCUT2D eigenvalue weighted by atomic mass is 16.7. The Hall–Kier alpha value is -4.65. The number of nitrogens with zero attached hydrogens (tertiary/aromatic N) is 2. The highest BCUT2D eigenvalue weighted by Crippen LogP contribution is 2.30. The lowest BCUT2D eigenvalue weighted by atomic mass is 9.98. The molecule has 1 heterocycles. The molecule has 532 valence electrons. The highest BCUT2D eigenvalue weighted by molar-refractivity contribution is 5.70. The summed E-state index contributed by atoms with van der Waals surface area (Å²) in [6.45, 7) is 17.8. The van der Waals surface area contributed by atoms with Crippen LogP contribution in [0.3, 0.4) is 0 Å². The summed E-state index contributed by atoms with van der Waals surface area (Å²) in [5.41, 5.74) is 0. The van der Waals surface area contributed by atoms with Gasteiger partial charge in [0.15, 0.2) is 24.6 Å². The van der Waals surface area contributed by atoms with Gasteiger partial charge in [0.05, 0.1) is 6.61 Å². The van der Waals surface area contributed by atoms with Gasteiger partial charge < -0.3 is 52.4 Å². The number of allylic oxidation sites excluding steroid dienone is 3. The smallest absolute Gasteiger partial charge is 0.306 e. The SMILES string of the molecule is CCCCCC/C=C\COC(=O)CCCCCCCCN(CCCCCCCCC(=O)OC/C=C\CCCCCC)CCCN(CCCCCCCCC(=O)OC/C=C\CCCCCC)CCCOC1OC(COC(C)=O)C(OC(C)=O)C(OC(C)=O)C1OC(C)=O. The fraction of sp³-hybridized carbons (Fsp3) is 0.824. The van der Waals surface area contributed by atoms with Crippen LogP contribution in [0.15, 0.2) is 36.5 Å². The number of unbranched alkanes of at least 4 members (excludes halogenated alkanes) is 27. The third kappa shape index (κ3) is 51.7. The predicted molar refractivity (Wildman–Crippen MR) is 364 cm³/mol. The molecule has 0 N–H and O–H groups in total. The Morgan fingerprint density at radius 3 is 1.03 bits per heavy atom. The van der Waals surface area contributed by atoms with Crippen LogP contribution >= 0.6 is 0 Å². The van der Waals surface area contributed by atoms with Gasteiger partial charge in [-0.2, -0.15) is 0 Å². The molecule has 18 heteroatoms. The molecule has 0 aliphatic carbocycles. The topological polar surface area (TPSA) is 209 Å². The molecule has 0 aromatic carbocycles. The van der Waals surface area contributed by atoms with E-state index in [2.05, 4.69) is 48.8 Å². The maximum atomic E-state index is 12.5. The molecule has 92 heavy (non-hydrogen) atoms. The first-order valence-electron chi connectivity index (χ1n) is 36.5. The third-order valence-electron chi connectivity index (χ3n) is 16.3. The fourth-order valence-corrected chi connectivity index (χ4v) is 11.2. The molecule has 5 atom stereocenters. The number of ether oxygens (including phenoxy) is 9. The van der Waals surface area contributed by atoms with Crippen LogP contribution in [-0.2, 0) is 76.2 Å². The van der Waals surface area contributed by atoms with E-state index in [1.54, 1.807) is 0 Å². The molecule has 1 aliphatic rings. The van der Waals surface area contributed by atoms with E-state index in [0.717, 1.165) is 174 Å². The summed E-state index contributed by atoms with van der Waals surface area (Å²) < 4.78 is 50.9. The molecule has 0 amide bonds. The van der Waals surface area contributed by atoms with E-state index in [9.17, 15) is 33.6 Å². The first kappa shape index (κ1) is 85.4. The van der Waals surface area contributed by atoms with Crippen molar-refractivity contribution in [1.29, 1.82) is 0 Å². The Labute approximate surface area is 557 Å². The average Bonchev–Trinajstić information content (AvgIpc) is 0.856. The van der Waals surface area contributed by atoms with E-state index in [1.165, 1.54) is 105 Å². The molecule has 0 radical (unpaired) electrons. The van der Waals surface area contributed by atoms with Crippen molar-refractivity contribution in [3.05, 3.63) is 36.5 Å². The van der Waals surface area contributed by atoms with Crippen LogP contribution in [0.4, 0.5) is 0 Å². The van der Waals surface area contributed by atoms with Crippen molar-refractivity contribution in [3.8, 4) is 0 Å². The zero-order valence-corrected chi connectivity index (χ0v) is 58.9. The molecular weight excluding hydrogens is 1170 g/mol. The van der Waals surface area contributed by atoms with E-state index in [-0.39, 0.29) is 31.1 Å². The van der Waals surface area contributed by atoms with Crippen LogP contribution < -0.4 is 0 Å². The third-order valence-corrected chi connectivity index (χ3v) is 16.3. The second kappa shape index (κ2) is 61.2. The lowest BCUT2D eigenvalue weighted by Gasteiger charge is -2.44. The molecular formula is C74H130N2O16. The van der Waals surface area contributed by atoms with Gasteiger partial charge in [-0.05, 0) is 123 Å².